The average molecular weight is 429 g/mol. The maximum absolute atomic E-state index is 10.6. The lowest BCUT2D eigenvalue weighted by Crippen LogP contribution is -1.96. The number of H-pyrrole nitrogens is 2. The first-order valence-corrected chi connectivity index (χ1v) is 8.80. The summed E-state index contributed by atoms with van der Waals surface area (Å²) in [6.07, 6.45) is 0. The van der Waals surface area contributed by atoms with Gasteiger partial charge in [-0.05, 0) is 44.9 Å². The molecule has 4 aromatic rings. The van der Waals surface area contributed by atoms with Gasteiger partial charge in [-0.25, -0.2) is 9.59 Å². The van der Waals surface area contributed by atoms with E-state index in [1.54, 1.807) is 6.07 Å². The van der Waals surface area contributed by atoms with Crippen LogP contribution in [0.1, 0.15) is 28.4 Å². The first kappa shape index (κ1) is 18.2. The summed E-state index contributed by atoms with van der Waals surface area (Å²) in [6.45, 7) is 0. The molecule has 0 aliphatic carbocycles. The number of carboxylic acid groups (broad SMARTS) is 2. The van der Waals surface area contributed by atoms with Crippen molar-refractivity contribution in [2.75, 3.05) is 0 Å². The Labute approximate surface area is 152 Å². The zero-order valence-electron chi connectivity index (χ0n) is 11.3. The molecule has 24 heavy (non-hydrogen) atoms. The molecule has 6 nitrogen and oxygen atoms in total. The number of nitrogens with one attached hydrogen (secondary N) is 2. The van der Waals surface area contributed by atoms with Crippen molar-refractivity contribution in [2.24, 2.45) is 0 Å². The summed E-state index contributed by atoms with van der Waals surface area (Å²) >= 11 is 6.27. The Morgan fingerprint density at radius 3 is 2.25 bits per heavy atom. The number of carbonyl (C=O) groups is 2. The van der Waals surface area contributed by atoms with E-state index in [2.05, 4.69) is 25.9 Å². The molecule has 0 unspecified atom stereocenters. The van der Waals surface area contributed by atoms with Gasteiger partial charge in [0.25, 0.3) is 0 Å². The quantitative estimate of drug-likeness (QED) is 0.349. The van der Waals surface area contributed by atoms with Crippen molar-refractivity contribution in [3.63, 3.8) is 0 Å². The lowest BCUT2D eigenvalue weighted by Gasteiger charge is -1.87. The zero-order valence-corrected chi connectivity index (χ0v) is 14.5. The van der Waals surface area contributed by atoms with Crippen molar-refractivity contribution in [1.82, 2.24) is 9.97 Å². The number of hydrogen-bond acceptors (Lipinski definition) is 4. The van der Waals surface area contributed by atoms with Crippen molar-refractivity contribution in [2.45, 2.75) is 7.43 Å². The lowest BCUT2D eigenvalue weighted by molar-refractivity contribution is 0.0680. The van der Waals surface area contributed by atoms with E-state index in [9.17, 15) is 9.59 Å². The molecule has 0 radical (unpaired) electrons. The Morgan fingerprint density at radius 2 is 1.67 bits per heavy atom. The highest BCUT2D eigenvalue weighted by Crippen LogP contribution is 2.31. The minimum absolute atomic E-state index is 0. The minimum Gasteiger partial charge on any atom is -0.477 e. The van der Waals surface area contributed by atoms with Crippen LogP contribution in [0.25, 0.3) is 20.4 Å². The number of rotatable bonds is 2. The van der Waals surface area contributed by atoms with Gasteiger partial charge in [-0.1, -0.05) is 7.43 Å². The van der Waals surface area contributed by atoms with Crippen LogP contribution in [0.4, 0.5) is 0 Å². The van der Waals surface area contributed by atoms with E-state index in [-0.39, 0.29) is 18.8 Å². The Bertz CT molecular complexity index is 983. The van der Waals surface area contributed by atoms with E-state index in [1.165, 1.54) is 22.7 Å². The first-order valence-electron chi connectivity index (χ1n) is 6.25. The Kier molecular flexibility index (Phi) is 5.47. The molecule has 0 bridgehead atoms. The number of halogens is 1. The van der Waals surface area contributed by atoms with Crippen LogP contribution in [-0.4, -0.2) is 32.1 Å². The highest BCUT2D eigenvalue weighted by molar-refractivity contribution is 9.10. The summed E-state index contributed by atoms with van der Waals surface area (Å²) in [7, 11) is 0. The van der Waals surface area contributed by atoms with E-state index in [0.717, 1.165) is 20.4 Å². The molecule has 4 aromatic heterocycles. The summed E-state index contributed by atoms with van der Waals surface area (Å²) in [5, 5.41) is 21.1. The van der Waals surface area contributed by atoms with Crippen LogP contribution in [0, 0.1) is 0 Å². The average Bonchev–Trinajstić information content (AvgIpc) is 3.19. The van der Waals surface area contributed by atoms with E-state index in [1.807, 2.05) is 22.9 Å². The molecule has 0 aliphatic rings. The molecule has 0 saturated heterocycles. The second-order valence-electron chi connectivity index (χ2n) is 4.47. The lowest BCUT2D eigenvalue weighted by atomic mass is 10.4. The van der Waals surface area contributed by atoms with Gasteiger partial charge in [-0.3, -0.25) is 0 Å². The maximum Gasteiger partial charge on any atom is 0.353 e. The van der Waals surface area contributed by atoms with Crippen LogP contribution in [0.5, 0.6) is 0 Å². The summed E-state index contributed by atoms with van der Waals surface area (Å²) in [4.78, 5) is 26.7. The summed E-state index contributed by atoms with van der Waals surface area (Å²) in [6, 6.07) is 5.37. The Hall–Kier alpha value is -2.10. The van der Waals surface area contributed by atoms with E-state index < -0.39 is 11.9 Å². The molecule has 0 saturated carbocycles. The zero-order chi connectivity index (χ0) is 16.6. The number of thiophene rings is 2. The van der Waals surface area contributed by atoms with E-state index in [4.69, 9.17) is 10.2 Å². The van der Waals surface area contributed by atoms with Gasteiger partial charge in [0.05, 0.1) is 24.9 Å². The van der Waals surface area contributed by atoms with Crippen molar-refractivity contribution in [1.29, 1.82) is 0 Å². The molecule has 4 rings (SSSR count). The number of carboxylic acids is 2. The fourth-order valence-corrected chi connectivity index (χ4v) is 4.33. The summed E-state index contributed by atoms with van der Waals surface area (Å²) in [5.41, 5.74) is 2.24. The van der Waals surface area contributed by atoms with Crippen LogP contribution >= 0.6 is 38.6 Å². The molecular formula is C15H13BrN2O4S2. The van der Waals surface area contributed by atoms with Crippen LogP contribution in [-0.2, 0) is 0 Å². The van der Waals surface area contributed by atoms with E-state index >= 15 is 0 Å². The van der Waals surface area contributed by atoms with Crippen LogP contribution < -0.4 is 0 Å². The monoisotopic (exact) mass is 428 g/mol. The number of hydrogen-bond donors (Lipinski definition) is 4. The van der Waals surface area contributed by atoms with Crippen LogP contribution in [0.3, 0.4) is 0 Å². The van der Waals surface area contributed by atoms with Gasteiger partial charge in [-0.15, -0.1) is 22.7 Å². The predicted octanol–water partition coefficient (Wildman–Crippen LogP) is 5.25. The molecule has 0 aliphatic heterocycles. The largest absolute Gasteiger partial charge is 0.477 e. The van der Waals surface area contributed by atoms with Crippen LogP contribution in [0.2, 0.25) is 0 Å². The number of aromatic amines is 2. The highest BCUT2D eigenvalue weighted by atomic mass is 79.9. The molecule has 0 fully saturated rings. The predicted molar refractivity (Wildman–Crippen MR) is 101 cm³/mol. The Morgan fingerprint density at radius 1 is 1.00 bits per heavy atom. The van der Waals surface area contributed by atoms with Crippen molar-refractivity contribution in [3.05, 3.63) is 44.8 Å². The first-order chi connectivity index (χ1) is 11.0. The fraction of sp³-hybridized carbons (Fsp3) is 0.0667. The second kappa shape index (κ2) is 7.20. The van der Waals surface area contributed by atoms with Gasteiger partial charge in [0.15, 0.2) is 0 Å². The number of aromatic nitrogens is 2. The fourth-order valence-electron chi connectivity index (χ4n) is 1.99. The summed E-state index contributed by atoms with van der Waals surface area (Å²) < 4.78 is 2.58. The van der Waals surface area contributed by atoms with E-state index in [0.29, 0.717) is 4.47 Å². The van der Waals surface area contributed by atoms with Crippen LogP contribution in [0.15, 0.2) is 33.4 Å². The second-order valence-corrected chi connectivity index (χ2v) is 7.13. The molecule has 9 heteroatoms. The molecule has 0 aromatic carbocycles. The van der Waals surface area contributed by atoms with Gasteiger partial charge in [0.2, 0.25) is 0 Å². The highest BCUT2D eigenvalue weighted by Gasteiger charge is 2.15. The third-order valence-electron chi connectivity index (χ3n) is 3.03. The number of aromatic carboxylic acids is 2. The third-order valence-corrected chi connectivity index (χ3v) is 5.88. The number of fused-ring (bicyclic) bond motifs is 2. The van der Waals surface area contributed by atoms with Crippen molar-refractivity contribution in [3.8, 4) is 0 Å². The van der Waals surface area contributed by atoms with Gasteiger partial charge in [-0.2, -0.15) is 0 Å². The topological polar surface area (TPSA) is 106 Å². The minimum atomic E-state index is -0.940. The van der Waals surface area contributed by atoms with Gasteiger partial charge in [0, 0.05) is 0 Å². The summed E-state index contributed by atoms with van der Waals surface area (Å²) in [5.74, 6) is -1.85. The molecule has 126 valence electrons. The third kappa shape index (κ3) is 3.37. The normalized spacial score (nSPS) is 10.2. The van der Waals surface area contributed by atoms with Gasteiger partial charge in [0.1, 0.15) is 11.4 Å². The van der Waals surface area contributed by atoms with Gasteiger partial charge >= 0.3 is 11.9 Å². The molecule has 0 spiro atoms. The molecule has 4 N–H and O–H groups in total. The smallest absolute Gasteiger partial charge is 0.353 e. The Balaban J connectivity index is 0.000000167. The SMILES string of the molecule is C.O=C(O)c1[nH]c2ccsc2c1Br.O=C(O)c1cc2sccc2[nH]1. The molecule has 4 heterocycles. The molecular weight excluding hydrogens is 416 g/mol. The maximum atomic E-state index is 10.6. The van der Waals surface area contributed by atoms with Crippen molar-refractivity contribution >= 4 is 71.0 Å². The van der Waals surface area contributed by atoms with Gasteiger partial charge < -0.3 is 20.2 Å². The van der Waals surface area contributed by atoms with Crippen molar-refractivity contribution < 1.29 is 19.8 Å². The molecule has 0 amide bonds. The molecule has 0 atom stereocenters. The standard InChI is InChI=1S/C7H4BrNO2S.C7H5NO2S.CH4/c8-4-5(7(10)11)9-3-1-2-12-6(3)4;9-7(10)5-3-6-4(8-5)1-2-11-6;/h1-2,9H,(H,10,11);1-3,8H,(H,9,10);1H4.